The van der Waals surface area contributed by atoms with E-state index >= 15 is 0 Å². The van der Waals surface area contributed by atoms with Gasteiger partial charge >= 0.3 is 6.03 Å². The lowest BCUT2D eigenvalue weighted by Gasteiger charge is -2.35. The molecule has 2 rings (SSSR count). The van der Waals surface area contributed by atoms with Gasteiger partial charge in [0.1, 0.15) is 5.69 Å². The normalized spacial score (nSPS) is 15.5. The Labute approximate surface area is 130 Å². The van der Waals surface area contributed by atoms with Crippen LogP contribution in [0.5, 0.6) is 0 Å². The Hall–Kier alpha value is -2.18. The van der Waals surface area contributed by atoms with Crippen LogP contribution in [0.15, 0.2) is 18.6 Å². The number of nitrogens with one attached hydrogen (secondary N) is 1. The predicted octanol–water partition coefficient (Wildman–Crippen LogP) is 1.13. The van der Waals surface area contributed by atoms with E-state index in [0.717, 1.165) is 25.9 Å². The van der Waals surface area contributed by atoms with Crippen molar-refractivity contribution < 1.29 is 9.59 Å². The molecule has 7 nitrogen and oxygen atoms in total. The molecule has 1 fully saturated rings. The van der Waals surface area contributed by atoms with Gasteiger partial charge in [0.25, 0.3) is 5.91 Å². The fourth-order valence-electron chi connectivity index (χ4n) is 2.58. The van der Waals surface area contributed by atoms with Gasteiger partial charge in [-0.05, 0) is 26.7 Å². The Morgan fingerprint density at radius 3 is 2.50 bits per heavy atom. The summed E-state index contributed by atoms with van der Waals surface area (Å²) in [5, 5.41) is 2.96. The first-order chi connectivity index (χ1) is 10.7. The smallest absolute Gasteiger partial charge is 0.319 e. The third kappa shape index (κ3) is 3.93. The standard InChI is InChI=1S/C15H23N5O2/c1-3-19(4-2)15(22)20-9-5-12(6-10-20)18-14(21)13-11-16-7-8-17-13/h7-8,11-12H,3-6,9-10H2,1-2H3,(H,18,21). The van der Waals surface area contributed by atoms with Crippen LogP contribution in [0.3, 0.4) is 0 Å². The molecule has 0 atom stereocenters. The molecule has 1 aromatic heterocycles. The van der Waals surface area contributed by atoms with E-state index in [1.54, 1.807) is 0 Å². The first-order valence-electron chi connectivity index (χ1n) is 7.76. The zero-order chi connectivity index (χ0) is 15.9. The maximum absolute atomic E-state index is 12.3. The van der Waals surface area contributed by atoms with Crippen LogP contribution in [0, 0.1) is 0 Å². The van der Waals surface area contributed by atoms with E-state index in [9.17, 15) is 9.59 Å². The van der Waals surface area contributed by atoms with Crippen molar-refractivity contribution in [2.24, 2.45) is 0 Å². The molecular formula is C15H23N5O2. The number of piperidine rings is 1. The predicted molar refractivity (Wildman–Crippen MR) is 82.4 cm³/mol. The average Bonchev–Trinajstić information content (AvgIpc) is 2.57. The van der Waals surface area contributed by atoms with Gasteiger partial charge < -0.3 is 15.1 Å². The number of amides is 3. The summed E-state index contributed by atoms with van der Waals surface area (Å²) in [5.41, 5.74) is 0.323. The summed E-state index contributed by atoms with van der Waals surface area (Å²) >= 11 is 0. The van der Waals surface area contributed by atoms with Crippen molar-refractivity contribution in [3.8, 4) is 0 Å². The van der Waals surface area contributed by atoms with E-state index in [2.05, 4.69) is 15.3 Å². The maximum atomic E-state index is 12.3. The molecule has 120 valence electrons. The van der Waals surface area contributed by atoms with Crippen LogP contribution in [0.4, 0.5) is 4.79 Å². The first-order valence-corrected chi connectivity index (χ1v) is 7.76. The highest BCUT2D eigenvalue weighted by Gasteiger charge is 2.26. The lowest BCUT2D eigenvalue weighted by atomic mass is 10.1. The van der Waals surface area contributed by atoms with Gasteiger partial charge in [0.15, 0.2) is 0 Å². The van der Waals surface area contributed by atoms with E-state index < -0.39 is 0 Å². The zero-order valence-corrected chi connectivity index (χ0v) is 13.2. The molecule has 7 heteroatoms. The highest BCUT2D eigenvalue weighted by molar-refractivity contribution is 5.92. The molecule has 0 aromatic carbocycles. The van der Waals surface area contributed by atoms with Crippen LogP contribution in [0.25, 0.3) is 0 Å². The van der Waals surface area contributed by atoms with Crippen molar-refractivity contribution in [2.45, 2.75) is 32.7 Å². The highest BCUT2D eigenvalue weighted by atomic mass is 16.2. The minimum Gasteiger partial charge on any atom is -0.348 e. The van der Waals surface area contributed by atoms with E-state index in [-0.39, 0.29) is 18.0 Å². The lowest BCUT2D eigenvalue weighted by molar-refractivity contribution is 0.0906. The molecule has 0 radical (unpaired) electrons. The summed E-state index contributed by atoms with van der Waals surface area (Å²) in [6.07, 6.45) is 6.01. The fraction of sp³-hybridized carbons (Fsp3) is 0.600. The molecule has 1 aliphatic heterocycles. The first kappa shape index (κ1) is 16.2. The minimum absolute atomic E-state index is 0.0789. The number of rotatable bonds is 4. The highest BCUT2D eigenvalue weighted by Crippen LogP contribution is 2.13. The molecule has 0 aliphatic carbocycles. The largest absolute Gasteiger partial charge is 0.348 e. The topological polar surface area (TPSA) is 78.4 Å². The number of urea groups is 1. The second-order valence-electron chi connectivity index (χ2n) is 5.28. The van der Waals surface area contributed by atoms with Crippen molar-refractivity contribution in [3.63, 3.8) is 0 Å². The van der Waals surface area contributed by atoms with Gasteiger partial charge in [0.05, 0.1) is 6.20 Å². The van der Waals surface area contributed by atoms with E-state index in [0.29, 0.717) is 18.8 Å². The number of aromatic nitrogens is 2. The third-order valence-corrected chi connectivity index (χ3v) is 3.93. The summed E-state index contributed by atoms with van der Waals surface area (Å²) in [6, 6.07) is 0.166. The maximum Gasteiger partial charge on any atom is 0.319 e. The Morgan fingerprint density at radius 1 is 1.27 bits per heavy atom. The molecule has 22 heavy (non-hydrogen) atoms. The van der Waals surface area contributed by atoms with Gasteiger partial charge in [-0.2, -0.15) is 0 Å². The van der Waals surface area contributed by atoms with Crippen LogP contribution in [-0.4, -0.2) is 63.9 Å². The van der Waals surface area contributed by atoms with E-state index in [1.807, 2.05) is 23.6 Å². The quantitative estimate of drug-likeness (QED) is 0.904. The zero-order valence-electron chi connectivity index (χ0n) is 13.2. The molecule has 3 amide bonds. The SMILES string of the molecule is CCN(CC)C(=O)N1CCC(NC(=O)c2cnccn2)CC1. The Morgan fingerprint density at radius 2 is 1.95 bits per heavy atom. The Kier molecular flexibility index (Phi) is 5.68. The second kappa shape index (κ2) is 7.72. The van der Waals surface area contributed by atoms with E-state index in [4.69, 9.17) is 0 Å². The monoisotopic (exact) mass is 305 g/mol. The van der Waals surface area contributed by atoms with Crippen LogP contribution in [0.2, 0.25) is 0 Å². The number of nitrogens with zero attached hydrogens (tertiary/aromatic N) is 4. The lowest BCUT2D eigenvalue weighted by Crippen LogP contribution is -2.50. The van der Waals surface area contributed by atoms with E-state index in [1.165, 1.54) is 18.6 Å². The molecule has 1 saturated heterocycles. The summed E-state index contributed by atoms with van der Waals surface area (Å²) in [4.78, 5) is 35.8. The van der Waals surface area contributed by atoms with Crippen molar-refractivity contribution in [1.82, 2.24) is 25.1 Å². The Bertz CT molecular complexity index is 496. The number of hydrogen-bond donors (Lipinski definition) is 1. The number of hydrogen-bond acceptors (Lipinski definition) is 4. The van der Waals surface area contributed by atoms with Crippen LogP contribution in [0.1, 0.15) is 37.2 Å². The fourth-order valence-corrected chi connectivity index (χ4v) is 2.58. The Balaban J connectivity index is 1.82. The summed E-state index contributed by atoms with van der Waals surface area (Å²) in [7, 11) is 0. The molecule has 0 spiro atoms. The molecule has 1 aromatic rings. The van der Waals surface area contributed by atoms with Crippen LogP contribution < -0.4 is 5.32 Å². The molecule has 0 unspecified atom stereocenters. The number of carbonyl (C=O) groups excluding carboxylic acids is 2. The average molecular weight is 305 g/mol. The van der Waals surface area contributed by atoms with Crippen LogP contribution in [-0.2, 0) is 0 Å². The summed E-state index contributed by atoms with van der Waals surface area (Å²) in [5.74, 6) is -0.207. The van der Waals surface area contributed by atoms with Gasteiger partial charge in [0, 0.05) is 44.6 Å². The third-order valence-electron chi connectivity index (χ3n) is 3.93. The summed E-state index contributed by atoms with van der Waals surface area (Å²) in [6.45, 7) is 6.74. The van der Waals surface area contributed by atoms with Gasteiger partial charge in [-0.25, -0.2) is 9.78 Å². The molecular weight excluding hydrogens is 282 g/mol. The second-order valence-corrected chi connectivity index (χ2v) is 5.28. The summed E-state index contributed by atoms with van der Waals surface area (Å²) < 4.78 is 0. The van der Waals surface area contributed by atoms with Gasteiger partial charge in [0.2, 0.25) is 0 Å². The molecule has 0 saturated carbocycles. The molecule has 2 heterocycles. The van der Waals surface area contributed by atoms with Crippen molar-refractivity contribution in [1.29, 1.82) is 0 Å². The van der Waals surface area contributed by atoms with Gasteiger partial charge in [-0.3, -0.25) is 9.78 Å². The van der Waals surface area contributed by atoms with Gasteiger partial charge in [-0.15, -0.1) is 0 Å². The molecule has 1 aliphatic rings. The van der Waals surface area contributed by atoms with Crippen molar-refractivity contribution >= 4 is 11.9 Å². The van der Waals surface area contributed by atoms with Crippen molar-refractivity contribution in [3.05, 3.63) is 24.3 Å². The minimum atomic E-state index is -0.207. The number of likely N-dealkylation sites (tertiary alicyclic amines) is 1. The van der Waals surface area contributed by atoms with Crippen LogP contribution >= 0.6 is 0 Å². The molecule has 1 N–H and O–H groups in total. The van der Waals surface area contributed by atoms with Crippen molar-refractivity contribution in [2.75, 3.05) is 26.2 Å². The molecule has 0 bridgehead atoms. The van der Waals surface area contributed by atoms with Gasteiger partial charge in [-0.1, -0.05) is 0 Å². The number of carbonyl (C=O) groups is 2.